The Morgan fingerprint density at radius 3 is 2.46 bits per heavy atom. The van der Waals surface area contributed by atoms with Crippen molar-refractivity contribution >= 4 is 30.7 Å². The normalized spacial score (nSPS) is 15.2. The number of nitrogens with two attached hydrogens (primary N) is 1. The first-order valence-electron chi connectivity index (χ1n) is 9.47. The van der Waals surface area contributed by atoms with E-state index in [2.05, 4.69) is 15.4 Å². The number of carbonyl (C=O) groups is 1. The van der Waals surface area contributed by atoms with Crippen LogP contribution in [0.1, 0.15) is 55.5 Å². The monoisotopic (exact) mass is 427 g/mol. The van der Waals surface area contributed by atoms with Crippen molar-refractivity contribution < 1.29 is 4.79 Å². The van der Waals surface area contributed by atoms with E-state index in [1.54, 1.807) is 6.20 Å². The molecule has 1 aliphatic rings. The molecule has 2 aromatic heterocycles. The van der Waals surface area contributed by atoms with E-state index in [-0.39, 0.29) is 36.1 Å². The van der Waals surface area contributed by atoms with E-state index in [4.69, 9.17) is 5.73 Å². The molecule has 0 spiro atoms. The van der Waals surface area contributed by atoms with Crippen molar-refractivity contribution in [1.29, 1.82) is 0 Å². The molecule has 8 heteroatoms. The molecule has 156 valence electrons. The second-order valence-corrected chi connectivity index (χ2v) is 7.58. The number of amides is 1. The third-order valence-corrected chi connectivity index (χ3v) is 5.41. The maximum absolute atomic E-state index is 12.4. The van der Waals surface area contributed by atoms with Crippen LogP contribution in [-0.4, -0.2) is 27.2 Å². The summed E-state index contributed by atoms with van der Waals surface area (Å²) in [5, 5.41) is 7.46. The minimum Gasteiger partial charge on any atom is -0.352 e. The lowest BCUT2D eigenvalue weighted by atomic mass is 9.71. The van der Waals surface area contributed by atoms with Gasteiger partial charge in [0, 0.05) is 24.9 Å². The first-order valence-corrected chi connectivity index (χ1v) is 9.47. The van der Waals surface area contributed by atoms with Crippen LogP contribution in [0.3, 0.4) is 0 Å². The predicted octanol–water partition coefficient (Wildman–Crippen LogP) is 3.64. The number of halogens is 2. The Labute approximate surface area is 179 Å². The maximum Gasteiger partial charge on any atom is 0.220 e. The third-order valence-electron chi connectivity index (χ3n) is 5.41. The summed E-state index contributed by atoms with van der Waals surface area (Å²) in [5.41, 5.74) is 8.98. The molecule has 3 rings (SSSR count). The zero-order chi connectivity index (χ0) is 18.6. The highest BCUT2D eigenvalue weighted by Gasteiger charge is 2.32. The minimum atomic E-state index is -0.0000797. The summed E-state index contributed by atoms with van der Waals surface area (Å²) in [4.78, 5) is 16.9. The Morgan fingerprint density at radius 2 is 1.93 bits per heavy atom. The number of aromatic nitrogens is 3. The van der Waals surface area contributed by atoms with Crippen molar-refractivity contribution in [2.24, 2.45) is 11.1 Å². The first kappa shape index (κ1) is 24.4. The highest BCUT2D eigenvalue weighted by molar-refractivity contribution is 5.85. The Balaban J connectivity index is 0.00000196. The third kappa shape index (κ3) is 5.93. The van der Waals surface area contributed by atoms with Gasteiger partial charge in [-0.1, -0.05) is 25.3 Å². The molecule has 0 radical (unpaired) electrons. The number of nitrogens with zero attached hydrogens (tertiary/aromatic N) is 3. The molecular formula is C20H31Cl2N5O. The molecule has 28 heavy (non-hydrogen) atoms. The second-order valence-electron chi connectivity index (χ2n) is 7.58. The lowest BCUT2D eigenvalue weighted by Crippen LogP contribution is -2.38. The van der Waals surface area contributed by atoms with Crippen molar-refractivity contribution in [1.82, 2.24) is 20.1 Å². The molecular weight excluding hydrogens is 397 g/mol. The van der Waals surface area contributed by atoms with Crippen LogP contribution in [-0.2, 0) is 11.3 Å². The number of aryl methyl sites for hydroxylation is 2. The van der Waals surface area contributed by atoms with Crippen molar-refractivity contribution in [3.63, 3.8) is 0 Å². The zero-order valence-corrected chi connectivity index (χ0v) is 18.2. The van der Waals surface area contributed by atoms with Gasteiger partial charge in [0.15, 0.2) is 5.82 Å². The van der Waals surface area contributed by atoms with E-state index >= 15 is 0 Å². The topological polar surface area (TPSA) is 85.8 Å². The second kappa shape index (κ2) is 10.8. The molecule has 1 fully saturated rings. The number of pyridine rings is 1. The van der Waals surface area contributed by atoms with E-state index < -0.39 is 0 Å². The molecule has 2 aromatic rings. The highest BCUT2D eigenvalue weighted by atomic mass is 35.5. The molecule has 0 atom stereocenters. The molecule has 0 aromatic carbocycles. The SMILES string of the molecule is Cc1cc(C)n(-c2ccc(CNC(=O)CC3(CN)CCCCC3)cn2)n1.Cl.Cl. The summed E-state index contributed by atoms with van der Waals surface area (Å²) in [5.74, 6) is 0.870. The largest absolute Gasteiger partial charge is 0.352 e. The minimum absolute atomic E-state index is 0. The van der Waals surface area contributed by atoms with Crippen LogP contribution in [0.15, 0.2) is 24.4 Å². The van der Waals surface area contributed by atoms with Gasteiger partial charge in [-0.25, -0.2) is 9.67 Å². The van der Waals surface area contributed by atoms with Crippen molar-refractivity contribution in [3.05, 3.63) is 41.3 Å². The lowest BCUT2D eigenvalue weighted by Gasteiger charge is -2.35. The Kier molecular flexibility index (Phi) is 9.40. The predicted molar refractivity (Wildman–Crippen MR) is 116 cm³/mol. The maximum atomic E-state index is 12.4. The quantitative estimate of drug-likeness (QED) is 0.736. The molecule has 0 saturated heterocycles. The fourth-order valence-electron chi connectivity index (χ4n) is 3.87. The number of nitrogens with one attached hydrogen (secondary N) is 1. The van der Waals surface area contributed by atoms with Gasteiger partial charge in [-0.2, -0.15) is 5.10 Å². The number of rotatable bonds is 6. The van der Waals surface area contributed by atoms with Crippen molar-refractivity contribution in [2.45, 2.75) is 58.9 Å². The molecule has 0 aliphatic heterocycles. The summed E-state index contributed by atoms with van der Waals surface area (Å²) >= 11 is 0. The summed E-state index contributed by atoms with van der Waals surface area (Å²) in [7, 11) is 0. The molecule has 2 heterocycles. The van der Waals surface area contributed by atoms with E-state index in [9.17, 15) is 4.79 Å². The van der Waals surface area contributed by atoms with E-state index in [1.165, 1.54) is 19.3 Å². The number of carbonyl (C=O) groups excluding carboxylic acids is 1. The average molecular weight is 428 g/mol. The van der Waals surface area contributed by atoms with E-state index in [0.29, 0.717) is 19.5 Å². The Bertz CT molecular complexity index is 754. The van der Waals surface area contributed by atoms with Gasteiger partial charge in [-0.3, -0.25) is 4.79 Å². The smallest absolute Gasteiger partial charge is 0.220 e. The molecule has 0 unspecified atom stereocenters. The Hall–Kier alpha value is -1.63. The lowest BCUT2D eigenvalue weighted by molar-refractivity contribution is -0.124. The summed E-state index contributed by atoms with van der Waals surface area (Å²) in [6.45, 7) is 5.06. The van der Waals surface area contributed by atoms with Gasteiger partial charge < -0.3 is 11.1 Å². The van der Waals surface area contributed by atoms with Crippen LogP contribution in [0.2, 0.25) is 0 Å². The standard InChI is InChI=1S/C20H29N5O.2ClH/c1-15-10-16(2)25(24-15)18-7-6-17(12-22-18)13-23-19(26)11-20(14-21)8-4-3-5-9-20;;/h6-7,10,12H,3-5,8-9,11,13-14,21H2,1-2H3,(H,23,26);2*1H. The van der Waals surface area contributed by atoms with Crippen LogP contribution in [0.4, 0.5) is 0 Å². The van der Waals surface area contributed by atoms with E-state index in [1.807, 2.05) is 36.7 Å². The molecule has 0 bridgehead atoms. The molecule has 1 amide bonds. The van der Waals surface area contributed by atoms with Crippen LogP contribution < -0.4 is 11.1 Å². The van der Waals surface area contributed by atoms with Gasteiger partial charge in [0.2, 0.25) is 5.91 Å². The van der Waals surface area contributed by atoms with Crippen LogP contribution in [0.25, 0.3) is 5.82 Å². The highest BCUT2D eigenvalue weighted by Crippen LogP contribution is 2.38. The van der Waals surface area contributed by atoms with Gasteiger partial charge in [-0.15, -0.1) is 24.8 Å². The van der Waals surface area contributed by atoms with Gasteiger partial charge >= 0.3 is 0 Å². The summed E-state index contributed by atoms with van der Waals surface area (Å²) in [6.07, 6.45) is 8.08. The average Bonchev–Trinajstić information content (AvgIpc) is 2.99. The van der Waals surface area contributed by atoms with Gasteiger partial charge in [0.1, 0.15) is 0 Å². The van der Waals surface area contributed by atoms with Gasteiger partial charge in [0.05, 0.1) is 5.69 Å². The Morgan fingerprint density at radius 1 is 1.21 bits per heavy atom. The fourth-order valence-corrected chi connectivity index (χ4v) is 3.87. The molecule has 1 aliphatic carbocycles. The van der Waals surface area contributed by atoms with Crippen molar-refractivity contribution in [3.8, 4) is 5.82 Å². The summed E-state index contributed by atoms with van der Waals surface area (Å²) < 4.78 is 1.83. The van der Waals surface area contributed by atoms with Crippen molar-refractivity contribution in [2.75, 3.05) is 6.54 Å². The van der Waals surface area contributed by atoms with Crippen LogP contribution >= 0.6 is 24.8 Å². The summed E-state index contributed by atoms with van der Waals surface area (Å²) in [6, 6.07) is 5.94. The molecule has 1 saturated carbocycles. The number of hydrogen-bond donors (Lipinski definition) is 2. The van der Waals surface area contributed by atoms with E-state index in [0.717, 1.165) is 35.6 Å². The van der Waals surface area contributed by atoms with Gasteiger partial charge in [0.25, 0.3) is 0 Å². The van der Waals surface area contributed by atoms with Crippen LogP contribution in [0, 0.1) is 19.3 Å². The molecule has 6 nitrogen and oxygen atoms in total. The zero-order valence-electron chi connectivity index (χ0n) is 16.6. The van der Waals surface area contributed by atoms with Gasteiger partial charge in [-0.05, 0) is 56.3 Å². The first-order chi connectivity index (χ1) is 12.5. The van der Waals surface area contributed by atoms with Crippen LogP contribution in [0.5, 0.6) is 0 Å². The fraction of sp³-hybridized carbons (Fsp3) is 0.550. The number of hydrogen-bond acceptors (Lipinski definition) is 4. The molecule has 3 N–H and O–H groups in total.